The van der Waals surface area contributed by atoms with E-state index in [1.807, 2.05) is 37.3 Å². The van der Waals surface area contributed by atoms with E-state index in [0.717, 1.165) is 23.8 Å². The maximum absolute atomic E-state index is 13.8. The second kappa shape index (κ2) is 12.5. The molecule has 2 atom stereocenters. The van der Waals surface area contributed by atoms with Gasteiger partial charge in [0.2, 0.25) is 10.0 Å². The van der Waals surface area contributed by atoms with Crippen LogP contribution in [-0.4, -0.2) is 63.0 Å². The molecule has 5 fully saturated rings. The quantitative estimate of drug-likeness (QED) is 0.311. The molecule has 1 aliphatic heterocycles. The van der Waals surface area contributed by atoms with E-state index in [-0.39, 0.29) is 11.7 Å². The lowest BCUT2D eigenvalue weighted by molar-refractivity contribution is -0.0185. The van der Waals surface area contributed by atoms with E-state index in [2.05, 4.69) is 16.0 Å². The van der Waals surface area contributed by atoms with Crippen LogP contribution in [0.4, 0.5) is 11.4 Å². The van der Waals surface area contributed by atoms with Crippen LogP contribution < -0.4 is 20.3 Å². The van der Waals surface area contributed by atoms with Gasteiger partial charge < -0.3 is 21.1 Å². The van der Waals surface area contributed by atoms with Crippen LogP contribution in [0.15, 0.2) is 48.5 Å². The Hall–Kier alpha value is -2.62. The predicted octanol–water partition coefficient (Wildman–Crippen LogP) is 4.16. The van der Waals surface area contributed by atoms with Gasteiger partial charge in [0.15, 0.2) is 0 Å². The van der Waals surface area contributed by atoms with Gasteiger partial charge in [0, 0.05) is 36.9 Å². The lowest BCUT2D eigenvalue weighted by atomic mass is 9.54. The number of carbonyl (C=O) groups excluding carboxylic acids is 1. The molecule has 5 aliphatic rings. The van der Waals surface area contributed by atoms with Gasteiger partial charge in [-0.2, -0.15) is 0 Å². The molecule has 1 saturated heterocycles. The zero-order chi connectivity index (χ0) is 29.3. The number of aliphatic hydroxyl groups excluding tert-OH is 1. The number of sulfonamides is 1. The number of benzene rings is 2. The monoisotopic (exact) mass is 594 g/mol. The second-order valence-electron chi connectivity index (χ2n) is 13.1. The van der Waals surface area contributed by atoms with Crippen molar-refractivity contribution in [1.82, 2.24) is 10.6 Å². The van der Waals surface area contributed by atoms with E-state index in [9.17, 15) is 18.3 Å². The fraction of sp³-hybridized carbons (Fsp3) is 0.606. The lowest BCUT2D eigenvalue weighted by Gasteiger charge is -2.54. The van der Waals surface area contributed by atoms with Crippen LogP contribution >= 0.6 is 0 Å². The summed E-state index contributed by atoms with van der Waals surface area (Å²) in [6.45, 7) is 3.44. The molecule has 0 unspecified atom stereocenters. The third-order valence-electron chi connectivity index (χ3n) is 10.1. The summed E-state index contributed by atoms with van der Waals surface area (Å²) in [5.41, 5.74) is 2.62. The number of anilines is 2. The van der Waals surface area contributed by atoms with E-state index in [1.54, 1.807) is 18.2 Å². The second-order valence-corrected chi connectivity index (χ2v) is 15.1. The third-order valence-corrected chi connectivity index (χ3v) is 11.9. The normalized spacial score (nSPS) is 29.2. The van der Waals surface area contributed by atoms with Crippen LogP contribution in [0.1, 0.15) is 67.8 Å². The van der Waals surface area contributed by atoms with Gasteiger partial charge in [-0.05, 0) is 106 Å². The highest BCUT2D eigenvalue weighted by molar-refractivity contribution is 7.92. The van der Waals surface area contributed by atoms with Crippen molar-refractivity contribution in [3.05, 3.63) is 59.7 Å². The van der Waals surface area contributed by atoms with Crippen LogP contribution in [0.3, 0.4) is 0 Å². The Morgan fingerprint density at radius 3 is 2.38 bits per heavy atom. The van der Waals surface area contributed by atoms with E-state index in [1.165, 1.54) is 36.4 Å². The van der Waals surface area contributed by atoms with Gasteiger partial charge in [-0.25, -0.2) is 8.42 Å². The van der Waals surface area contributed by atoms with Crippen molar-refractivity contribution in [3.63, 3.8) is 0 Å². The minimum absolute atomic E-state index is 0.113. The molecule has 7 rings (SSSR count). The maximum Gasteiger partial charge on any atom is 0.251 e. The predicted molar refractivity (Wildman–Crippen MR) is 167 cm³/mol. The molecule has 0 spiro atoms. The Balaban J connectivity index is 1.20. The Morgan fingerprint density at radius 2 is 1.71 bits per heavy atom. The summed E-state index contributed by atoms with van der Waals surface area (Å²) in [6, 6.07) is 15.1. The van der Waals surface area contributed by atoms with Crippen molar-refractivity contribution in [2.24, 2.45) is 23.7 Å². The van der Waals surface area contributed by atoms with Crippen molar-refractivity contribution < 1.29 is 18.3 Å². The first-order valence-electron chi connectivity index (χ1n) is 15.9. The topological polar surface area (TPSA) is 111 Å². The minimum atomic E-state index is -3.43. The van der Waals surface area contributed by atoms with E-state index in [0.29, 0.717) is 67.3 Å². The first-order valence-corrected chi connectivity index (χ1v) is 17.6. The smallest absolute Gasteiger partial charge is 0.251 e. The average molecular weight is 595 g/mol. The zero-order valence-corrected chi connectivity index (χ0v) is 25.5. The fourth-order valence-corrected chi connectivity index (χ4v) is 9.96. The number of carbonyl (C=O) groups is 1. The number of nitrogens with one attached hydrogen (secondary N) is 3. The van der Waals surface area contributed by atoms with Crippen LogP contribution in [0.25, 0.3) is 0 Å². The van der Waals surface area contributed by atoms with Gasteiger partial charge in [-0.1, -0.05) is 30.3 Å². The van der Waals surface area contributed by atoms with Crippen LogP contribution in [0.5, 0.6) is 0 Å². The van der Waals surface area contributed by atoms with Crippen LogP contribution in [-0.2, 0) is 16.4 Å². The lowest BCUT2D eigenvalue weighted by Crippen LogP contribution is -2.57. The summed E-state index contributed by atoms with van der Waals surface area (Å²) in [6.07, 6.45) is 7.80. The van der Waals surface area contributed by atoms with Crippen molar-refractivity contribution >= 4 is 27.3 Å². The average Bonchev–Trinajstić information content (AvgIpc) is 2.96. The van der Waals surface area contributed by atoms with E-state index < -0.39 is 22.2 Å². The molecule has 0 radical (unpaired) electrons. The van der Waals surface area contributed by atoms with Gasteiger partial charge in [-0.15, -0.1) is 0 Å². The van der Waals surface area contributed by atoms with E-state index in [4.69, 9.17) is 0 Å². The molecule has 4 N–H and O–H groups in total. The van der Waals surface area contributed by atoms with Gasteiger partial charge >= 0.3 is 0 Å². The van der Waals surface area contributed by atoms with Crippen LogP contribution in [0.2, 0.25) is 0 Å². The number of rotatable bonds is 11. The highest BCUT2D eigenvalue weighted by Gasteiger charge is 2.48. The van der Waals surface area contributed by atoms with Crippen LogP contribution in [0, 0.1) is 23.7 Å². The molecule has 42 heavy (non-hydrogen) atoms. The highest BCUT2D eigenvalue weighted by Crippen LogP contribution is 2.53. The minimum Gasteiger partial charge on any atom is -0.390 e. The number of aliphatic hydroxyl groups is 1. The molecule has 4 saturated carbocycles. The molecule has 228 valence electrons. The van der Waals surface area contributed by atoms with Gasteiger partial charge in [0.1, 0.15) is 0 Å². The zero-order valence-electron chi connectivity index (χ0n) is 24.7. The first-order chi connectivity index (χ1) is 20.3. The summed E-state index contributed by atoms with van der Waals surface area (Å²) in [5, 5.41) is 21.6. The standard InChI is InChI=1S/C33H46N4O4S/c1-2-34-28-18-27(19-29(20-28)37-10-6-7-11-42(37,40)41)33(39)36-30(17-22-8-4-3-5-9-22)31(38)21-35-32-25-13-23-12-24(15-25)16-26(32)14-23/h3-5,8-9,18-20,23-26,30-32,34-35,38H,2,6-7,10-17,21H2,1H3,(H,36,39)/t23?,24?,25?,26?,30-,31+,32?/m0/s1. The SMILES string of the molecule is CCNc1cc(C(=O)N[C@@H](Cc2ccccc2)[C@H](O)CNC2C3CC4CC(C3)CC2C4)cc(N2CCCCS2(=O)=O)c1. The molecule has 1 heterocycles. The highest BCUT2D eigenvalue weighted by atomic mass is 32.2. The largest absolute Gasteiger partial charge is 0.390 e. The summed E-state index contributed by atoms with van der Waals surface area (Å²) < 4.78 is 27.2. The number of nitrogens with zero attached hydrogens (tertiary/aromatic N) is 1. The Kier molecular flexibility index (Phi) is 8.80. The van der Waals surface area contributed by atoms with Gasteiger partial charge in [0.05, 0.1) is 23.6 Å². The van der Waals surface area contributed by atoms with Crippen molar-refractivity contribution in [1.29, 1.82) is 0 Å². The molecule has 2 aromatic rings. The molecule has 4 bridgehead atoms. The van der Waals surface area contributed by atoms with Crippen molar-refractivity contribution in [3.8, 4) is 0 Å². The van der Waals surface area contributed by atoms with Gasteiger partial charge in [-0.3, -0.25) is 9.10 Å². The molecule has 8 nitrogen and oxygen atoms in total. The molecule has 1 amide bonds. The number of amides is 1. The van der Waals surface area contributed by atoms with Crippen molar-refractivity contribution in [2.45, 2.75) is 76.5 Å². The number of hydrogen-bond donors (Lipinski definition) is 4. The summed E-state index contributed by atoms with van der Waals surface area (Å²) in [4.78, 5) is 13.8. The Labute approximate surface area is 250 Å². The fourth-order valence-electron chi connectivity index (χ4n) is 8.33. The summed E-state index contributed by atoms with van der Waals surface area (Å²) in [5.74, 6) is 2.98. The Bertz CT molecular complexity index is 1320. The first kappa shape index (κ1) is 29.5. The van der Waals surface area contributed by atoms with Crippen molar-refractivity contribution in [2.75, 3.05) is 35.0 Å². The molecule has 9 heteroatoms. The summed E-state index contributed by atoms with van der Waals surface area (Å²) >= 11 is 0. The summed E-state index contributed by atoms with van der Waals surface area (Å²) in [7, 11) is -3.43. The molecular formula is C33H46N4O4S. The van der Waals surface area contributed by atoms with E-state index >= 15 is 0 Å². The maximum atomic E-state index is 13.8. The molecule has 4 aliphatic carbocycles. The Morgan fingerprint density at radius 1 is 1.00 bits per heavy atom. The number of hydrogen-bond acceptors (Lipinski definition) is 6. The third kappa shape index (κ3) is 6.48. The molecule has 0 aromatic heterocycles. The van der Waals surface area contributed by atoms with Gasteiger partial charge in [0.25, 0.3) is 5.91 Å². The molecular weight excluding hydrogens is 548 g/mol. The molecule has 2 aromatic carbocycles.